The molecule has 7 nitrogen and oxygen atoms in total. The van der Waals surface area contributed by atoms with Crippen molar-refractivity contribution in [3.63, 3.8) is 0 Å². The van der Waals surface area contributed by atoms with E-state index in [1.54, 1.807) is 24.4 Å². The summed E-state index contributed by atoms with van der Waals surface area (Å²) in [4.78, 5) is 30.1. The zero-order valence-electron chi connectivity index (χ0n) is 21.2. The van der Waals surface area contributed by atoms with Crippen LogP contribution in [0.5, 0.6) is 0 Å². The third-order valence-electron chi connectivity index (χ3n) is 7.28. The molecule has 2 aromatic carbocycles. The minimum Gasteiger partial charge on any atom is -0.478 e. The van der Waals surface area contributed by atoms with Crippen molar-refractivity contribution in [3.8, 4) is 5.69 Å². The number of benzene rings is 2. The van der Waals surface area contributed by atoms with Crippen LogP contribution < -0.4 is 5.56 Å². The predicted molar refractivity (Wildman–Crippen MR) is 149 cm³/mol. The van der Waals surface area contributed by atoms with Crippen molar-refractivity contribution in [2.45, 2.75) is 58.8 Å². The first-order valence-electron chi connectivity index (χ1n) is 12.5. The maximum absolute atomic E-state index is 13.6. The number of carboxylic acid groups (broad SMARTS) is 1. The van der Waals surface area contributed by atoms with Gasteiger partial charge in [-0.25, -0.2) is 9.78 Å². The summed E-state index contributed by atoms with van der Waals surface area (Å²) in [5.41, 5.74) is 5.24. The van der Waals surface area contributed by atoms with Crippen molar-refractivity contribution in [1.29, 1.82) is 0 Å². The predicted octanol–water partition coefficient (Wildman–Crippen LogP) is 6.50. The number of aromatic carboxylic acids is 1. The van der Waals surface area contributed by atoms with E-state index in [9.17, 15) is 14.7 Å². The summed E-state index contributed by atoms with van der Waals surface area (Å²) >= 11 is 3.47. The summed E-state index contributed by atoms with van der Waals surface area (Å²) in [7, 11) is 0. The van der Waals surface area contributed by atoms with Gasteiger partial charge in [0, 0.05) is 33.0 Å². The molecule has 1 aliphatic rings. The van der Waals surface area contributed by atoms with Gasteiger partial charge in [-0.3, -0.25) is 4.79 Å². The fourth-order valence-electron chi connectivity index (χ4n) is 5.29. The average molecular weight is 561 g/mol. The zero-order chi connectivity index (χ0) is 26.3. The Kier molecular flexibility index (Phi) is 6.86. The Balaban J connectivity index is 1.62. The molecule has 1 aliphatic carbocycles. The van der Waals surface area contributed by atoms with E-state index in [2.05, 4.69) is 15.9 Å². The van der Waals surface area contributed by atoms with Crippen LogP contribution in [0.25, 0.3) is 16.6 Å². The number of rotatable bonds is 5. The van der Waals surface area contributed by atoms with Crippen LogP contribution in [0.3, 0.4) is 0 Å². The normalized spacial score (nSPS) is 14.6. The Morgan fingerprint density at radius 3 is 2.57 bits per heavy atom. The van der Waals surface area contributed by atoms with Gasteiger partial charge in [-0.2, -0.15) is 9.78 Å². The van der Waals surface area contributed by atoms with E-state index < -0.39 is 5.97 Å². The summed E-state index contributed by atoms with van der Waals surface area (Å²) in [5.74, 6) is -0.0503. The molecule has 2 aromatic heterocycles. The highest BCUT2D eigenvalue weighted by atomic mass is 79.9. The van der Waals surface area contributed by atoms with E-state index in [4.69, 9.17) is 10.1 Å². The number of fused-ring (bicyclic) bond motifs is 1. The van der Waals surface area contributed by atoms with Gasteiger partial charge < -0.3 is 9.67 Å². The van der Waals surface area contributed by atoms with Crippen LogP contribution in [0.1, 0.15) is 76.7 Å². The number of hydrogen-bond donors (Lipinski definition) is 1. The van der Waals surface area contributed by atoms with Crippen LogP contribution >= 0.6 is 15.9 Å². The summed E-state index contributed by atoms with van der Waals surface area (Å²) < 4.78 is 4.33. The van der Waals surface area contributed by atoms with E-state index in [1.807, 2.05) is 49.6 Å². The first-order chi connectivity index (χ1) is 17.7. The van der Waals surface area contributed by atoms with Crippen molar-refractivity contribution < 1.29 is 9.90 Å². The van der Waals surface area contributed by atoms with Crippen molar-refractivity contribution in [1.82, 2.24) is 14.2 Å². The van der Waals surface area contributed by atoms with Crippen molar-refractivity contribution >= 4 is 39.0 Å². The van der Waals surface area contributed by atoms with Crippen LogP contribution in [0.2, 0.25) is 0 Å². The van der Waals surface area contributed by atoms with Gasteiger partial charge >= 0.3 is 5.97 Å². The van der Waals surface area contributed by atoms with Crippen LogP contribution in [0, 0.1) is 20.8 Å². The minimum absolute atomic E-state index is 0.179. The SMILES string of the molecule is Cc1ccc(C(=O)O)cc1-n1c(C)cc(C=Nn2c(C3CCCCC3)nc3ccc(Br)cc3c2=O)c1C. The molecule has 0 bridgehead atoms. The lowest BCUT2D eigenvalue weighted by molar-refractivity contribution is 0.0697. The fraction of sp³-hybridized carbons (Fsp3) is 0.310. The molecule has 0 saturated heterocycles. The second-order valence-electron chi connectivity index (χ2n) is 9.80. The minimum atomic E-state index is -0.962. The van der Waals surface area contributed by atoms with Gasteiger partial charge in [-0.05, 0) is 75.6 Å². The first-order valence-corrected chi connectivity index (χ1v) is 13.3. The molecule has 0 aliphatic heterocycles. The molecule has 1 fully saturated rings. The molecule has 0 radical (unpaired) electrons. The Labute approximate surface area is 223 Å². The number of aryl methyl sites for hydroxylation is 2. The summed E-state index contributed by atoms with van der Waals surface area (Å²) in [6, 6.07) is 12.7. The topological polar surface area (TPSA) is 89.5 Å². The lowest BCUT2D eigenvalue weighted by Gasteiger charge is -2.22. The molecule has 0 spiro atoms. The molecule has 190 valence electrons. The van der Waals surface area contributed by atoms with E-state index in [-0.39, 0.29) is 17.0 Å². The van der Waals surface area contributed by atoms with Crippen molar-refractivity contribution in [3.05, 3.63) is 91.2 Å². The molecule has 4 aromatic rings. The molecule has 37 heavy (non-hydrogen) atoms. The Hall–Kier alpha value is -3.52. The average Bonchev–Trinajstić information content (AvgIpc) is 3.17. The van der Waals surface area contributed by atoms with Gasteiger partial charge in [-0.1, -0.05) is 41.3 Å². The number of halogens is 1. The quantitative estimate of drug-likeness (QED) is 0.282. The van der Waals surface area contributed by atoms with Gasteiger partial charge in [0.15, 0.2) is 0 Å². The second kappa shape index (κ2) is 10.1. The lowest BCUT2D eigenvalue weighted by atomic mass is 9.88. The highest BCUT2D eigenvalue weighted by Crippen LogP contribution is 2.32. The third-order valence-corrected chi connectivity index (χ3v) is 7.78. The molecule has 1 saturated carbocycles. The summed E-state index contributed by atoms with van der Waals surface area (Å²) in [6.45, 7) is 5.91. The summed E-state index contributed by atoms with van der Waals surface area (Å²) in [6.07, 6.45) is 7.17. The monoisotopic (exact) mass is 560 g/mol. The van der Waals surface area contributed by atoms with Gasteiger partial charge in [0.2, 0.25) is 0 Å². The smallest absolute Gasteiger partial charge is 0.335 e. The standard InChI is InChI=1S/C29H29BrN4O3/c1-17-9-10-21(29(36)37)14-26(17)33-18(2)13-22(19(33)3)16-31-34-27(20-7-5-4-6-8-20)32-25-12-11-23(30)15-24(25)28(34)35/h9-16,20H,4-8H2,1-3H3,(H,36,37). The number of carboxylic acids is 1. The van der Waals surface area contributed by atoms with Crippen LogP contribution in [-0.2, 0) is 0 Å². The van der Waals surface area contributed by atoms with Crippen LogP contribution in [0.15, 0.2) is 56.8 Å². The Morgan fingerprint density at radius 2 is 1.84 bits per heavy atom. The Morgan fingerprint density at radius 1 is 1.08 bits per heavy atom. The van der Waals surface area contributed by atoms with Gasteiger partial charge in [0.1, 0.15) is 5.82 Å². The molecule has 2 heterocycles. The Bertz CT molecular complexity index is 1610. The maximum Gasteiger partial charge on any atom is 0.335 e. The van der Waals surface area contributed by atoms with Gasteiger partial charge in [-0.15, -0.1) is 0 Å². The molecular weight excluding hydrogens is 532 g/mol. The van der Waals surface area contributed by atoms with E-state index in [1.165, 1.54) is 11.1 Å². The van der Waals surface area contributed by atoms with Gasteiger partial charge in [0.05, 0.1) is 22.7 Å². The molecular formula is C29H29BrN4O3. The maximum atomic E-state index is 13.6. The summed E-state index contributed by atoms with van der Waals surface area (Å²) in [5, 5.41) is 14.7. The number of hydrogen-bond acceptors (Lipinski definition) is 4. The number of nitrogens with zero attached hydrogens (tertiary/aromatic N) is 4. The lowest BCUT2D eigenvalue weighted by Crippen LogP contribution is -2.25. The van der Waals surface area contributed by atoms with E-state index >= 15 is 0 Å². The molecule has 8 heteroatoms. The first kappa shape index (κ1) is 25.1. The fourth-order valence-corrected chi connectivity index (χ4v) is 5.66. The van der Waals surface area contributed by atoms with E-state index in [0.29, 0.717) is 10.9 Å². The highest BCUT2D eigenvalue weighted by Gasteiger charge is 2.23. The second-order valence-corrected chi connectivity index (χ2v) is 10.7. The number of aromatic nitrogens is 3. The van der Waals surface area contributed by atoms with Gasteiger partial charge in [0.25, 0.3) is 5.56 Å². The zero-order valence-corrected chi connectivity index (χ0v) is 22.7. The van der Waals surface area contributed by atoms with Crippen molar-refractivity contribution in [2.75, 3.05) is 0 Å². The largest absolute Gasteiger partial charge is 0.478 e. The molecule has 1 N–H and O–H groups in total. The highest BCUT2D eigenvalue weighted by molar-refractivity contribution is 9.10. The third kappa shape index (κ3) is 4.78. The molecule has 5 rings (SSSR count). The van der Waals surface area contributed by atoms with Crippen molar-refractivity contribution in [2.24, 2.45) is 5.10 Å². The van der Waals surface area contributed by atoms with E-state index in [0.717, 1.165) is 64.2 Å². The molecule has 0 atom stereocenters. The molecule has 0 unspecified atom stereocenters. The molecule has 0 amide bonds. The van der Waals surface area contributed by atoms with Crippen LogP contribution in [0.4, 0.5) is 0 Å². The number of carbonyl (C=O) groups is 1. The van der Waals surface area contributed by atoms with Crippen LogP contribution in [-0.4, -0.2) is 31.5 Å².